The fourth-order valence-electron chi connectivity index (χ4n) is 12.6. The van der Waals surface area contributed by atoms with Crippen molar-refractivity contribution in [2.45, 2.75) is 86.2 Å². The smallest absolute Gasteiger partial charge is 0.338 e. The van der Waals surface area contributed by atoms with Crippen molar-refractivity contribution in [2.75, 3.05) is 48.6 Å². The number of hydrogen-bond acceptors (Lipinski definition) is 14. The van der Waals surface area contributed by atoms with Crippen LogP contribution in [0.1, 0.15) is 37.0 Å². The average molecular weight is 690 g/mol. The van der Waals surface area contributed by atoms with Crippen LogP contribution in [0.3, 0.4) is 0 Å². The number of hydrogen-bond donors (Lipinski definition) is 3. The number of piperidine rings is 1. The molecule has 7 rings (SSSR count). The summed E-state index contributed by atoms with van der Waals surface area (Å²) in [6, 6.07) is 7.55. The second-order valence-electron chi connectivity index (χ2n) is 15.0. The number of nitrogens with zero attached hydrogens (tertiary/aromatic N) is 1. The van der Waals surface area contributed by atoms with Crippen molar-refractivity contribution < 1.29 is 62.9 Å². The predicted molar refractivity (Wildman–Crippen MR) is 167 cm³/mol. The maximum atomic E-state index is 13.9. The van der Waals surface area contributed by atoms with E-state index in [1.165, 1.54) is 35.2 Å². The van der Waals surface area contributed by atoms with Crippen LogP contribution in [0.25, 0.3) is 0 Å². The highest BCUT2D eigenvalue weighted by Gasteiger charge is 2.96. The second kappa shape index (κ2) is 11.4. The molecule has 0 aromatic heterocycles. The molecule has 1 aromatic rings. The van der Waals surface area contributed by atoms with Crippen LogP contribution in [0.5, 0.6) is 0 Å². The zero-order valence-electron chi connectivity index (χ0n) is 28.9. The number of aliphatic hydroxyl groups excluding tert-OH is 1. The van der Waals surface area contributed by atoms with Crippen molar-refractivity contribution in [3.05, 3.63) is 35.9 Å². The lowest BCUT2D eigenvalue weighted by Crippen LogP contribution is -2.85. The van der Waals surface area contributed by atoms with Gasteiger partial charge in [-0.15, -0.1) is 0 Å². The van der Waals surface area contributed by atoms with Crippen LogP contribution < -0.4 is 0 Å². The maximum absolute atomic E-state index is 13.9. The Hall–Kier alpha value is -2.69. The molecule has 14 heteroatoms. The normalized spacial score (nSPS) is 48.9. The van der Waals surface area contributed by atoms with Gasteiger partial charge in [0.1, 0.15) is 30.0 Å². The Balaban J connectivity index is 1.55. The SMILES string of the molecule is COC[C@]12CN(C)[C@@H]3[C@@H]4[C@H](OC)[C@H]1[C@@]3([C@@H](OC)C[C@H]2OC(C)=O)[C@@]1(O)C[C@]2(O)[C@H](OC(=O)c3ccccc3)[C@H]1[C@]4(OC(C)=O)[C@@H](O)[C@@H]2OC. The van der Waals surface area contributed by atoms with Crippen LogP contribution in [-0.2, 0) is 42.7 Å². The number of carbonyl (C=O) groups excluding carboxylic acids is 3. The van der Waals surface area contributed by atoms with Gasteiger partial charge >= 0.3 is 17.9 Å². The lowest BCUT2D eigenvalue weighted by atomic mass is 9.40. The molecule has 1 saturated heterocycles. The summed E-state index contributed by atoms with van der Waals surface area (Å²) < 4.78 is 43.2. The molecule has 270 valence electrons. The number of esters is 3. The van der Waals surface area contributed by atoms with Gasteiger partial charge in [0, 0.05) is 90.4 Å². The molecule has 0 unspecified atom stereocenters. The first-order valence-corrected chi connectivity index (χ1v) is 16.7. The van der Waals surface area contributed by atoms with Crippen LogP contribution in [-0.4, -0.2) is 146 Å². The quantitative estimate of drug-likeness (QED) is 0.232. The average Bonchev–Trinajstić information content (AvgIpc) is 3.41. The number of carbonyl (C=O) groups is 3. The molecule has 14 nitrogen and oxygen atoms in total. The van der Waals surface area contributed by atoms with E-state index >= 15 is 0 Å². The van der Waals surface area contributed by atoms with Crippen LogP contribution >= 0.6 is 0 Å². The summed E-state index contributed by atoms with van der Waals surface area (Å²) in [5.41, 5.74) is -8.33. The van der Waals surface area contributed by atoms with E-state index in [4.69, 9.17) is 33.2 Å². The predicted octanol–water partition coefficient (Wildman–Crippen LogP) is -0.0563. The molecule has 1 aliphatic heterocycles. The summed E-state index contributed by atoms with van der Waals surface area (Å²) in [7, 11) is 7.75. The number of methoxy groups -OCH3 is 4. The number of fused-ring (bicyclic) bond motifs is 2. The van der Waals surface area contributed by atoms with Crippen LogP contribution in [0.4, 0.5) is 0 Å². The van der Waals surface area contributed by atoms with Gasteiger partial charge in [-0.1, -0.05) is 18.2 Å². The zero-order valence-corrected chi connectivity index (χ0v) is 28.9. The van der Waals surface area contributed by atoms with E-state index in [-0.39, 0.29) is 18.6 Å². The number of benzene rings is 1. The number of rotatable bonds is 9. The lowest BCUT2D eigenvalue weighted by molar-refractivity contribution is -0.353. The minimum Gasteiger partial charge on any atom is -0.462 e. The summed E-state index contributed by atoms with van der Waals surface area (Å²) in [6.45, 7) is 2.97. The highest BCUT2D eigenvalue weighted by atomic mass is 16.6. The summed E-state index contributed by atoms with van der Waals surface area (Å²) in [4.78, 5) is 41.8. The minimum atomic E-state index is -2.15. The molecule has 1 heterocycles. The fourth-order valence-corrected chi connectivity index (χ4v) is 12.6. The van der Waals surface area contributed by atoms with E-state index in [2.05, 4.69) is 0 Å². The standard InChI is InChI=1S/C35H47NO13/c1-17(37)47-20-13-21(44-5)34-24-23(45-6)22(26(34)36(3)15-31(20,24)16-43-4)35(49-18(2)38)25-28(48-30(40)19-11-9-8-10-12-19)32(41,14-33(25,34)42)29(46-7)27(35)39/h8-12,20-29,39,41-42H,13-16H2,1-7H3/t20-,21+,22+,23+,24-,25-,26-,27+,28-,29+,31+,32+,33-,34-,35+/m1/s1. The molecule has 6 fully saturated rings. The highest BCUT2D eigenvalue weighted by molar-refractivity contribution is 5.89. The van der Waals surface area contributed by atoms with E-state index in [1.807, 2.05) is 11.9 Å². The van der Waals surface area contributed by atoms with E-state index in [0.717, 1.165) is 0 Å². The van der Waals surface area contributed by atoms with E-state index in [9.17, 15) is 29.7 Å². The molecular weight excluding hydrogens is 642 g/mol. The van der Waals surface area contributed by atoms with Gasteiger partial charge in [-0.25, -0.2) is 4.79 Å². The summed E-state index contributed by atoms with van der Waals surface area (Å²) in [5.74, 6) is -4.98. The van der Waals surface area contributed by atoms with Gasteiger partial charge in [0.05, 0.1) is 35.9 Å². The van der Waals surface area contributed by atoms with E-state index in [0.29, 0.717) is 6.54 Å². The molecule has 1 spiro atoms. The van der Waals surface area contributed by atoms with Crippen molar-refractivity contribution >= 4 is 17.9 Å². The molecule has 6 aliphatic rings. The Kier molecular flexibility index (Phi) is 8.09. The van der Waals surface area contributed by atoms with E-state index < -0.39 is 112 Å². The van der Waals surface area contributed by atoms with Crippen LogP contribution in [0.2, 0.25) is 0 Å². The zero-order chi connectivity index (χ0) is 35.5. The number of ether oxygens (including phenoxy) is 7. The fraction of sp³-hybridized carbons (Fsp3) is 0.743. The maximum Gasteiger partial charge on any atom is 0.338 e. The molecule has 1 aromatic carbocycles. The summed E-state index contributed by atoms with van der Waals surface area (Å²) >= 11 is 0. The van der Waals surface area contributed by atoms with Crippen molar-refractivity contribution in [1.29, 1.82) is 0 Å². The molecule has 5 saturated carbocycles. The third-order valence-corrected chi connectivity index (χ3v) is 13.2. The van der Waals surface area contributed by atoms with Gasteiger partial charge in [0.15, 0.2) is 5.60 Å². The van der Waals surface area contributed by atoms with Crippen molar-refractivity contribution in [1.82, 2.24) is 4.90 Å². The van der Waals surface area contributed by atoms with Gasteiger partial charge < -0.3 is 53.4 Å². The summed E-state index contributed by atoms with van der Waals surface area (Å²) in [5, 5.41) is 39.2. The van der Waals surface area contributed by atoms with Gasteiger partial charge in [0.2, 0.25) is 0 Å². The molecule has 0 radical (unpaired) electrons. The molecule has 3 N–H and O–H groups in total. The van der Waals surface area contributed by atoms with Crippen LogP contribution in [0.15, 0.2) is 30.3 Å². The Labute approximate surface area is 284 Å². The third-order valence-electron chi connectivity index (χ3n) is 13.2. The van der Waals surface area contributed by atoms with E-state index in [1.54, 1.807) is 37.4 Å². The van der Waals surface area contributed by atoms with Gasteiger partial charge in [0.25, 0.3) is 0 Å². The van der Waals surface area contributed by atoms with Gasteiger partial charge in [-0.05, 0) is 19.2 Å². The molecule has 7 bridgehead atoms. The Morgan fingerprint density at radius 1 is 0.898 bits per heavy atom. The largest absolute Gasteiger partial charge is 0.462 e. The topological polar surface area (TPSA) is 180 Å². The number of aliphatic hydroxyl groups is 3. The Morgan fingerprint density at radius 2 is 1.59 bits per heavy atom. The summed E-state index contributed by atoms with van der Waals surface area (Å²) in [6.07, 6.45) is -7.35. The van der Waals surface area contributed by atoms with Gasteiger partial charge in [-0.3, -0.25) is 9.59 Å². The lowest BCUT2D eigenvalue weighted by Gasteiger charge is -2.72. The molecule has 0 amide bonds. The van der Waals surface area contributed by atoms with Crippen molar-refractivity contribution in [2.24, 2.45) is 28.6 Å². The first kappa shape index (κ1) is 34.7. The molecular formula is C35H47NO13. The molecule has 5 aliphatic carbocycles. The highest BCUT2D eigenvalue weighted by Crippen LogP contribution is 2.82. The molecule has 15 atom stereocenters. The first-order chi connectivity index (χ1) is 23.2. The van der Waals surface area contributed by atoms with Crippen molar-refractivity contribution in [3.8, 4) is 0 Å². The Bertz CT molecular complexity index is 1510. The Morgan fingerprint density at radius 3 is 2.16 bits per heavy atom. The van der Waals surface area contributed by atoms with Crippen molar-refractivity contribution in [3.63, 3.8) is 0 Å². The third kappa shape index (κ3) is 3.97. The second-order valence-corrected chi connectivity index (χ2v) is 15.0. The first-order valence-electron chi connectivity index (χ1n) is 16.7. The van der Waals surface area contributed by atoms with Gasteiger partial charge in [-0.2, -0.15) is 0 Å². The van der Waals surface area contributed by atoms with Crippen LogP contribution in [0, 0.1) is 28.6 Å². The minimum absolute atomic E-state index is 0.0959. The number of likely N-dealkylation sites (tertiary alicyclic amines) is 1. The monoisotopic (exact) mass is 689 g/mol. The molecule has 49 heavy (non-hydrogen) atoms.